The summed E-state index contributed by atoms with van der Waals surface area (Å²) < 4.78 is 23.8. The van der Waals surface area contributed by atoms with Crippen molar-refractivity contribution < 1.29 is 38.4 Å². The smallest absolute Gasteiger partial charge is 0.303 e. The average Bonchev–Trinajstić information content (AvgIpc) is 3.36. The number of amides is 2. The van der Waals surface area contributed by atoms with E-state index < -0.39 is 18.5 Å². The van der Waals surface area contributed by atoms with Gasteiger partial charge in [0.25, 0.3) is 5.91 Å². The van der Waals surface area contributed by atoms with Crippen LogP contribution in [0.15, 0.2) is 36.9 Å². The lowest BCUT2D eigenvalue weighted by Crippen LogP contribution is -2.54. The van der Waals surface area contributed by atoms with Gasteiger partial charge in [-0.3, -0.25) is 19.3 Å². The molecular weight excluding hydrogens is 492 g/mol. The van der Waals surface area contributed by atoms with Crippen LogP contribution in [0.25, 0.3) is 0 Å². The number of hydrogen-bond acceptors (Lipinski definition) is 7. The van der Waals surface area contributed by atoms with Gasteiger partial charge in [-0.2, -0.15) is 0 Å². The lowest BCUT2D eigenvalue weighted by Gasteiger charge is -2.39. The van der Waals surface area contributed by atoms with E-state index in [-0.39, 0.29) is 37.3 Å². The number of carbonyl (C=O) groups excluding carboxylic acids is 2. The van der Waals surface area contributed by atoms with E-state index in [1.165, 1.54) is 7.11 Å². The van der Waals surface area contributed by atoms with Crippen molar-refractivity contribution in [1.82, 2.24) is 4.90 Å². The first-order valence-corrected chi connectivity index (χ1v) is 13.1. The van der Waals surface area contributed by atoms with Gasteiger partial charge in [0.15, 0.2) is 24.0 Å². The van der Waals surface area contributed by atoms with Gasteiger partial charge >= 0.3 is 5.97 Å². The molecule has 0 saturated carbocycles. The van der Waals surface area contributed by atoms with Crippen LogP contribution >= 0.6 is 0 Å². The van der Waals surface area contributed by atoms with E-state index in [0.29, 0.717) is 61.6 Å². The maximum Gasteiger partial charge on any atom is 0.303 e. The summed E-state index contributed by atoms with van der Waals surface area (Å²) in [6, 6.07) is 2.86. The van der Waals surface area contributed by atoms with Crippen molar-refractivity contribution in [2.24, 2.45) is 0 Å². The fraction of sp³-hybridized carbons (Fsp3) is 0.536. The van der Waals surface area contributed by atoms with E-state index in [0.717, 1.165) is 18.4 Å². The Kier molecular flexibility index (Phi) is 9.06. The highest BCUT2D eigenvalue weighted by atomic mass is 16.7. The molecule has 3 aliphatic heterocycles. The molecule has 1 aromatic rings. The fourth-order valence-electron chi connectivity index (χ4n) is 5.15. The molecule has 3 aliphatic rings. The van der Waals surface area contributed by atoms with Crippen molar-refractivity contribution in [1.29, 1.82) is 0 Å². The molecule has 38 heavy (non-hydrogen) atoms. The first-order chi connectivity index (χ1) is 18.3. The Morgan fingerprint density at radius 3 is 2.79 bits per heavy atom. The highest BCUT2D eigenvalue weighted by molar-refractivity contribution is 6.07. The minimum atomic E-state index is -0.916. The molecule has 3 heterocycles. The van der Waals surface area contributed by atoms with E-state index in [9.17, 15) is 14.4 Å². The number of rotatable bonds is 11. The zero-order valence-electron chi connectivity index (χ0n) is 21.9. The number of benzene rings is 1. The Morgan fingerprint density at radius 2 is 2.08 bits per heavy atom. The largest absolute Gasteiger partial charge is 0.493 e. The molecule has 10 nitrogen and oxygen atoms in total. The van der Waals surface area contributed by atoms with Gasteiger partial charge in [-0.25, -0.2) is 0 Å². The van der Waals surface area contributed by atoms with Gasteiger partial charge in [0.1, 0.15) is 0 Å². The number of allylic oxidation sites excluding steroid dienone is 1. The number of aliphatic carboxylic acids is 1. The first kappa shape index (κ1) is 27.7. The molecule has 0 aliphatic carbocycles. The molecule has 4 rings (SSSR count). The quantitative estimate of drug-likeness (QED) is 0.340. The molecule has 10 heteroatoms. The molecule has 2 amide bonds. The van der Waals surface area contributed by atoms with Gasteiger partial charge in [0.2, 0.25) is 5.91 Å². The highest BCUT2D eigenvalue weighted by Crippen LogP contribution is 2.42. The number of carbonyl (C=O) groups is 3. The highest BCUT2D eigenvalue weighted by Gasteiger charge is 2.47. The molecule has 1 aromatic carbocycles. The summed E-state index contributed by atoms with van der Waals surface area (Å²) in [5.74, 6) is -0.698. The number of nitrogens with zero attached hydrogens (tertiary/aromatic N) is 2. The summed E-state index contributed by atoms with van der Waals surface area (Å²) in [4.78, 5) is 41.8. The predicted octanol–water partition coefficient (Wildman–Crippen LogP) is 3.89. The SMILES string of the molecule is C=CCCC(=O)N1c2cc(OCCCC(=O)O)c(OC)cc2C(=O)N2CCCC2C1OC1CC(=C)CCO1. The number of methoxy groups -OCH3 is 1. The van der Waals surface area contributed by atoms with Crippen molar-refractivity contribution in [3.63, 3.8) is 0 Å². The molecule has 2 fully saturated rings. The van der Waals surface area contributed by atoms with Crippen molar-refractivity contribution in [3.8, 4) is 11.5 Å². The van der Waals surface area contributed by atoms with Crippen LogP contribution in [-0.4, -0.2) is 73.2 Å². The number of carboxylic acid groups (broad SMARTS) is 1. The maximum absolute atomic E-state index is 13.8. The van der Waals surface area contributed by atoms with Crippen molar-refractivity contribution >= 4 is 23.5 Å². The maximum atomic E-state index is 13.8. The van der Waals surface area contributed by atoms with E-state index in [4.69, 9.17) is 24.1 Å². The third-order valence-electron chi connectivity index (χ3n) is 7.05. The van der Waals surface area contributed by atoms with Crippen LogP contribution in [0.5, 0.6) is 11.5 Å². The normalized spacial score (nSPS) is 22.9. The van der Waals surface area contributed by atoms with E-state index in [2.05, 4.69) is 13.2 Å². The van der Waals surface area contributed by atoms with Gasteiger partial charge in [0, 0.05) is 31.9 Å². The van der Waals surface area contributed by atoms with Gasteiger partial charge < -0.3 is 29.0 Å². The molecule has 0 spiro atoms. The number of hydrogen-bond donors (Lipinski definition) is 1. The van der Waals surface area contributed by atoms with Gasteiger partial charge in [-0.05, 0) is 38.2 Å². The Balaban J connectivity index is 1.77. The molecule has 3 atom stereocenters. The summed E-state index contributed by atoms with van der Waals surface area (Å²) in [5.41, 5.74) is 1.70. The van der Waals surface area contributed by atoms with E-state index in [1.807, 2.05) is 0 Å². The fourth-order valence-corrected chi connectivity index (χ4v) is 5.15. The van der Waals surface area contributed by atoms with Crippen LogP contribution in [0.4, 0.5) is 5.69 Å². The van der Waals surface area contributed by atoms with Gasteiger partial charge in [0.05, 0.1) is 37.6 Å². The third-order valence-corrected chi connectivity index (χ3v) is 7.05. The lowest BCUT2D eigenvalue weighted by atomic mass is 10.1. The second-order valence-corrected chi connectivity index (χ2v) is 9.70. The zero-order valence-corrected chi connectivity index (χ0v) is 21.9. The van der Waals surface area contributed by atoms with Gasteiger partial charge in [-0.1, -0.05) is 18.2 Å². The Hall–Kier alpha value is -3.37. The number of anilines is 1. The van der Waals surface area contributed by atoms with Crippen LogP contribution in [0, 0.1) is 0 Å². The molecule has 0 aromatic heterocycles. The van der Waals surface area contributed by atoms with Crippen molar-refractivity contribution in [3.05, 3.63) is 42.5 Å². The molecule has 3 unspecified atom stereocenters. The minimum absolute atomic E-state index is 0.0445. The standard InChI is InChI=1S/C28H36N2O8/c1-4-5-9-24(31)30-21-17-23(36-13-7-10-25(32)33)22(35-3)16-19(21)27(34)29-12-6-8-20(29)28(30)38-26-15-18(2)11-14-37-26/h4,16-17,20,26,28H,1-2,5-15H2,3H3,(H,32,33). The summed E-state index contributed by atoms with van der Waals surface area (Å²) in [7, 11) is 1.47. The van der Waals surface area contributed by atoms with Crippen LogP contribution in [0.1, 0.15) is 61.7 Å². The minimum Gasteiger partial charge on any atom is -0.493 e. The van der Waals surface area contributed by atoms with Gasteiger partial charge in [-0.15, -0.1) is 6.58 Å². The Morgan fingerprint density at radius 1 is 1.26 bits per heavy atom. The second-order valence-electron chi connectivity index (χ2n) is 9.70. The van der Waals surface area contributed by atoms with Crippen LogP contribution in [0.2, 0.25) is 0 Å². The van der Waals surface area contributed by atoms with E-state index >= 15 is 0 Å². The lowest BCUT2D eigenvalue weighted by molar-refractivity contribution is -0.188. The summed E-state index contributed by atoms with van der Waals surface area (Å²) in [6.45, 7) is 8.99. The molecular formula is C28H36N2O8. The van der Waals surface area contributed by atoms with Crippen LogP contribution < -0.4 is 14.4 Å². The third kappa shape index (κ3) is 6.02. The molecule has 1 N–H and O–H groups in total. The topological polar surface area (TPSA) is 115 Å². The summed E-state index contributed by atoms with van der Waals surface area (Å²) >= 11 is 0. The van der Waals surface area contributed by atoms with Crippen LogP contribution in [0.3, 0.4) is 0 Å². The second kappa shape index (κ2) is 12.4. The Labute approximate surface area is 222 Å². The summed E-state index contributed by atoms with van der Waals surface area (Å²) in [6.07, 6.45) is 3.96. The molecule has 0 bridgehead atoms. The number of ether oxygens (including phenoxy) is 4. The number of carboxylic acids is 1. The first-order valence-electron chi connectivity index (χ1n) is 13.1. The Bertz CT molecular complexity index is 1090. The molecule has 2 saturated heterocycles. The summed E-state index contributed by atoms with van der Waals surface area (Å²) in [5, 5.41) is 8.95. The van der Waals surface area contributed by atoms with Crippen LogP contribution in [-0.2, 0) is 19.1 Å². The van der Waals surface area contributed by atoms with Crippen molar-refractivity contribution in [2.45, 2.75) is 69.9 Å². The zero-order chi connectivity index (χ0) is 27.2. The van der Waals surface area contributed by atoms with E-state index in [1.54, 1.807) is 28.0 Å². The molecule has 0 radical (unpaired) electrons. The number of fused-ring (bicyclic) bond motifs is 2. The predicted molar refractivity (Wildman–Crippen MR) is 139 cm³/mol. The van der Waals surface area contributed by atoms with Crippen molar-refractivity contribution in [2.75, 3.05) is 31.8 Å². The monoisotopic (exact) mass is 528 g/mol. The average molecular weight is 529 g/mol. The molecule has 206 valence electrons.